The van der Waals surface area contributed by atoms with Gasteiger partial charge in [0.1, 0.15) is 11.6 Å². The normalized spacial score (nSPS) is 12.0. The van der Waals surface area contributed by atoms with Crippen molar-refractivity contribution in [3.05, 3.63) is 76.3 Å². The highest BCUT2D eigenvalue weighted by Gasteiger charge is 2.37. The Balaban J connectivity index is 1.67. The first kappa shape index (κ1) is 25.2. The second kappa shape index (κ2) is 9.30. The Hall–Kier alpha value is -3.87. The van der Waals surface area contributed by atoms with Crippen LogP contribution in [0.25, 0.3) is 16.4 Å². The number of rotatable bonds is 5. The van der Waals surface area contributed by atoms with Crippen molar-refractivity contribution in [2.75, 3.05) is 12.4 Å². The Kier molecular flexibility index (Phi) is 6.52. The fraction of sp³-hybridized carbons (Fsp3) is 0.174. The van der Waals surface area contributed by atoms with Gasteiger partial charge < -0.3 is 10.1 Å². The van der Waals surface area contributed by atoms with Crippen molar-refractivity contribution in [3.8, 4) is 22.1 Å². The predicted molar refractivity (Wildman–Crippen MR) is 120 cm³/mol. The maximum absolute atomic E-state index is 13.2. The zero-order chi connectivity index (χ0) is 26.3. The van der Waals surface area contributed by atoms with Gasteiger partial charge in [-0.1, -0.05) is 12.1 Å². The smallest absolute Gasteiger partial charge is 0.416 e. The van der Waals surface area contributed by atoms with E-state index in [0.29, 0.717) is 34.4 Å². The number of aromatic nitrogens is 3. The van der Waals surface area contributed by atoms with Gasteiger partial charge in [0, 0.05) is 22.6 Å². The van der Waals surface area contributed by atoms with Crippen molar-refractivity contribution in [2.24, 2.45) is 0 Å². The minimum Gasteiger partial charge on any atom is -0.497 e. The number of halogens is 6. The molecule has 36 heavy (non-hydrogen) atoms. The first-order valence-corrected chi connectivity index (χ1v) is 11.0. The molecule has 0 spiro atoms. The highest BCUT2D eigenvalue weighted by atomic mass is 32.1. The molecule has 4 aromatic rings. The van der Waals surface area contributed by atoms with Crippen LogP contribution < -0.4 is 10.1 Å². The summed E-state index contributed by atoms with van der Waals surface area (Å²) in [5.74, 6) is -0.531. The van der Waals surface area contributed by atoms with Crippen molar-refractivity contribution in [1.82, 2.24) is 14.8 Å². The topological polar surface area (TPSA) is 69.0 Å². The summed E-state index contributed by atoms with van der Waals surface area (Å²) in [5, 5.41) is 8.64. The van der Waals surface area contributed by atoms with Crippen LogP contribution in [0.5, 0.6) is 5.75 Å². The molecular formula is C23H16F6N4O2S. The Labute approximate surface area is 204 Å². The molecule has 0 radical (unpaired) electrons. The molecule has 1 N–H and O–H groups in total. The van der Waals surface area contributed by atoms with Gasteiger partial charge >= 0.3 is 12.4 Å². The number of thiazole rings is 1. The summed E-state index contributed by atoms with van der Waals surface area (Å²) in [6.45, 7) is 1.61. The summed E-state index contributed by atoms with van der Waals surface area (Å²) in [7, 11) is 1.52. The van der Waals surface area contributed by atoms with Gasteiger partial charge in [0.25, 0.3) is 5.91 Å². The molecule has 4 rings (SSSR count). The Morgan fingerprint density at radius 1 is 1.00 bits per heavy atom. The first-order valence-electron chi connectivity index (χ1n) is 10.1. The number of nitrogens with zero attached hydrogens (tertiary/aromatic N) is 3. The van der Waals surface area contributed by atoms with E-state index >= 15 is 0 Å². The van der Waals surface area contributed by atoms with E-state index in [1.165, 1.54) is 29.2 Å². The number of ether oxygens (including phenoxy) is 1. The van der Waals surface area contributed by atoms with E-state index in [9.17, 15) is 31.1 Å². The van der Waals surface area contributed by atoms with Crippen LogP contribution in [-0.2, 0) is 12.4 Å². The van der Waals surface area contributed by atoms with Crippen LogP contribution in [-0.4, -0.2) is 27.8 Å². The average Bonchev–Trinajstić information content (AvgIpc) is 3.44. The number of alkyl halides is 6. The van der Waals surface area contributed by atoms with Gasteiger partial charge in [0.05, 0.1) is 29.6 Å². The van der Waals surface area contributed by atoms with Crippen molar-refractivity contribution in [1.29, 1.82) is 0 Å². The number of carbonyl (C=O) groups excluding carboxylic acids is 1. The van der Waals surface area contributed by atoms with Crippen molar-refractivity contribution in [2.45, 2.75) is 19.3 Å². The van der Waals surface area contributed by atoms with Gasteiger partial charge in [0.15, 0.2) is 0 Å². The maximum Gasteiger partial charge on any atom is 0.416 e. The lowest BCUT2D eigenvalue weighted by molar-refractivity contribution is -0.143. The second-order valence-corrected chi connectivity index (χ2v) is 8.42. The van der Waals surface area contributed by atoms with Gasteiger partial charge in [-0.15, -0.1) is 11.3 Å². The van der Waals surface area contributed by atoms with Gasteiger partial charge in [-0.25, -0.2) is 4.98 Å². The van der Waals surface area contributed by atoms with Crippen LogP contribution in [0.15, 0.2) is 53.9 Å². The molecule has 0 atom stereocenters. The average molecular weight is 526 g/mol. The molecule has 2 heterocycles. The van der Waals surface area contributed by atoms with Crippen LogP contribution in [0, 0.1) is 6.92 Å². The highest BCUT2D eigenvalue weighted by molar-refractivity contribution is 7.12. The second-order valence-electron chi connectivity index (χ2n) is 7.58. The van der Waals surface area contributed by atoms with Gasteiger partial charge in [-0.2, -0.15) is 36.1 Å². The molecule has 2 aromatic carbocycles. The molecule has 2 aromatic heterocycles. The minimum atomic E-state index is -5.08. The lowest BCUT2D eigenvalue weighted by Crippen LogP contribution is -2.18. The third-order valence-corrected chi connectivity index (χ3v) is 5.78. The summed E-state index contributed by atoms with van der Waals surface area (Å²) in [6, 6.07) is 9.22. The van der Waals surface area contributed by atoms with Crippen molar-refractivity contribution < 1.29 is 35.9 Å². The van der Waals surface area contributed by atoms with Crippen molar-refractivity contribution in [3.63, 3.8) is 0 Å². The van der Waals surface area contributed by atoms with Gasteiger partial charge in [0.2, 0.25) is 5.13 Å². The van der Waals surface area contributed by atoms with Crippen LogP contribution in [0.1, 0.15) is 27.2 Å². The first-order chi connectivity index (χ1) is 16.8. The summed E-state index contributed by atoms with van der Waals surface area (Å²) >= 11 is 1.17. The molecule has 13 heteroatoms. The third-order valence-electron chi connectivity index (χ3n) is 4.96. The lowest BCUT2D eigenvalue weighted by atomic mass is 10.0. The predicted octanol–water partition coefficient (Wildman–Crippen LogP) is 6.60. The Bertz CT molecular complexity index is 1390. The van der Waals surface area contributed by atoms with E-state index in [0.717, 1.165) is 5.56 Å². The zero-order valence-corrected chi connectivity index (χ0v) is 19.3. The van der Waals surface area contributed by atoms with Crippen LogP contribution in [0.3, 0.4) is 0 Å². The number of amides is 1. The monoisotopic (exact) mass is 526 g/mol. The molecule has 0 aliphatic carbocycles. The molecule has 1 amide bonds. The number of methoxy groups -OCH3 is 1. The molecule has 0 saturated carbocycles. The molecule has 0 fully saturated rings. The van der Waals surface area contributed by atoms with E-state index in [2.05, 4.69) is 15.4 Å². The largest absolute Gasteiger partial charge is 0.497 e. The fourth-order valence-electron chi connectivity index (χ4n) is 3.29. The fourth-order valence-corrected chi connectivity index (χ4v) is 4.08. The molecule has 0 unspecified atom stereocenters. The number of benzene rings is 2. The number of hydrogen-bond acceptors (Lipinski definition) is 5. The molecule has 0 saturated heterocycles. The van der Waals surface area contributed by atoms with Crippen LogP contribution in [0.2, 0.25) is 0 Å². The minimum absolute atomic E-state index is 0.0232. The van der Waals surface area contributed by atoms with E-state index in [1.807, 2.05) is 6.07 Å². The Morgan fingerprint density at radius 2 is 1.67 bits per heavy atom. The lowest BCUT2D eigenvalue weighted by Gasteiger charge is -2.14. The molecule has 0 aliphatic rings. The summed E-state index contributed by atoms with van der Waals surface area (Å²) in [5.41, 5.74) is -2.23. The van der Waals surface area contributed by atoms with E-state index in [4.69, 9.17) is 4.74 Å². The van der Waals surface area contributed by atoms with E-state index < -0.39 is 35.0 Å². The molecular weight excluding hydrogens is 510 g/mol. The summed E-state index contributed by atoms with van der Waals surface area (Å²) in [4.78, 5) is 17.2. The number of aryl methyl sites for hydroxylation is 1. The highest BCUT2D eigenvalue weighted by Crippen LogP contribution is 2.36. The SMILES string of the molecule is COc1cccc(-c2csc(-n3nc(C)cc3NC(=O)c3cc(C(F)(F)F)cc(C(F)(F)F)c3)n2)c1. The third kappa shape index (κ3) is 5.35. The molecule has 6 nitrogen and oxygen atoms in total. The zero-order valence-electron chi connectivity index (χ0n) is 18.5. The van der Waals surface area contributed by atoms with E-state index in [1.54, 1.807) is 30.5 Å². The maximum atomic E-state index is 13.2. The number of carbonyl (C=O) groups is 1. The van der Waals surface area contributed by atoms with E-state index in [-0.39, 0.29) is 11.9 Å². The molecule has 0 bridgehead atoms. The van der Waals surface area contributed by atoms with Crippen LogP contribution >= 0.6 is 11.3 Å². The number of anilines is 1. The number of hydrogen-bond donors (Lipinski definition) is 1. The van der Waals surface area contributed by atoms with Gasteiger partial charge in [-0.05, 0) is 37.3 Å². The van der Waals surface area contributed by atoms with Gasteiger partial charge in [-0.3, -0.25) is 4.79 Å². The standard InChI is InChI=1S/C23H16F6N4O2S/c1-12-6-19(31-20(34)14-7-15(22(24,25)26)10-16(8-14)23(27,28)29)33(32-12)21-30-18(11-36-21)13-4-3-5-17(9-13)35-2/h3-11H,1-2H3,(H,31,34). The quantitative estimate of drug-likeness (QED) is 0.298. The Morgan fingerprint density at radius 3 is 2.28 bits per heavy atom. The molecule has 0 aliphatic heterocycles. The van der Waals surface area contributed by atoms with Crippen molar-refractivity contribution >= 4 is 23.1 Å². The van der Waals surface area contributed by atoms with Crippen LogP contribution in [0.4, 0.5) is 32.2 Å². The number of nitrogens with one attached hydrogen (secondary N) is 1. The summed E-state index contributed by atoms with van der Waals surface area (Å²) in [6.07, 6.45) is -10.2. The molecule has 188 valence electrons. The summed E-state index contributed by atoms with van der Waals surface area (Å²) < 4.78 is 85.5.